The predicted octanol–water partition coefficient (Wildman–Crippen LogP) is 2.61. The first-order chi connectivity index (χ1) is 7.74. The summed E-state index contributed by atoms with van der Waals surface area (Å²) in [5.74, 6) is 2.51. The third-order valence-corrected chi connectivity index (χ3v) is 4.83. The summed E-state index contributed by atoms with van der Waals surface area (Å²) in [4.78, 5) is 12.9. The second-order valence-corrected chi connectivity index (χ2v) is 6.80. The van der Waals surface area contributed by atoms with Gasteiger partial charge in [-0.3, -0.25) is 4.79 Å². The average Bonchev–Trinajstić information content (AvgIpc) is 2.65. The molecule has 1 aliphatic rings. The van der Waals surface area contributed by atoms with Gasteiger partial charge in [0.1, 0.15) is 5.78 Å². The first-order valence-corrected chi connectivity index (χ1v) is 7.66. The Hall–Kier alpha value is -0.0300. The number of Topliss-reactive ketones (excluding diaryl/α,β-unsaturated/α-hetero) is 1. The molecule has 1 aromatic heterocycles. The fourth-order valence-electron chi connectivity index (χ4n) is 1.74. The molecule has 0 bridgehead atoms. The zero-order chi connectivity index (χ0) is 11.4. The minimum absolute atomic E-state index is 0.304. The van der Waals surface area contributed by atoms with Gasteiger partial charge in [-0.25, -0.2) is 0 Å². The maximum absolute atomic E-state index is 11.8. The minimum Gasteiger partial charge on any atom is -0.312 e. The quantitative estimate of drug-likeness (QED) is 0.916. The highest BCUT2D eigenvalue weighted by Gasteiger charge is 2.17. The van der Waals surface area contributed by atoms with Crippen molar-refractivity contribution >= 4 is 40.5 Å². The molecule has 2 nitrogen and oxygen atoms in total. The van der Waals surface area contributed by atoms with Gasteiger partial charge in [0.2, 0.25) is 0 Å². The molecule has 1 atom stereocenters. The molecule has 0 saturated carbocycles. The van der Waals surface area contributed by atoms with E-state index in [0.29, 0.717) is 24.7 Å². The average molecular weight is 276 g/mol. The van der Waals surface area contributed by atoms with E-state index < -0.39 is 0 Å². The zero-order valence-electron chi connectivity index (χ0n) is 8.87. The fourth-order valence-corrected chi connectivity index (χ4v) is 3.80. The molecule has 0 aliphatic carbocycles. The number of carbonyl (C=O) groups excluding carboxylic acids is 1. The van der Waals surface area contributed by atoms with Gasteiger partial charge in [-0.05, 0) is 12.1 Å². The molecule has 16 heavy (non-hydrogen) atoms. The first kappa shape index (κ1) is 12.4. The molecule has 2 heterocycles. The number of ketones is 1. The van der Waals surface area contributed by atoms with Gasteiger partial charge in [0, 0.05) is 41.8 Å². The van der Waals surface area contributed by atoms with Crippen LogP contribution < -0.4 is 5.32 Å². The van der Waals surface area contributed by atoms with E-state index in [4.69, 9.17) is 11.6 Å². The van der Waals surface area contributed by atoms with Crippen molar-refractivity contribution in [1.29, 1.82) is 0 Å². The molecule has 1 aromatic rings. The van der Waals surface area contributed by atoms with Gasteiger partial charge in [-0.15, -0.1) is 11.3 Å². The van der Waals surface area contributed by atoms with Crippen LogP contribution in [-0.4, -0.2) is 29.9 Å². The van der Waals surface area contributed by atoms with Crippen molar-refractivity contribution in [3.05, 3.63) is 21.3 Å². The van der Waals surface area contributed by atoms with Crippen molar-refractivity contribution in [2.24, 2.45) is 0 Å². The second-order valence-electron chi connectivity index (χ2n) is 3.85. The van der Waals surface area contributed by atoms with Crippen LogP contribution in [0.5, 0.6) is 0 Å². The summed E-state index contributed by atoms with van der Waals surface area (Å²) in [6.45, 7) is 1.02. The maximum atomic E-state index is 11.8. The third-order valence-electron chi connectivity index (χ3n) is 2.47. The molecule has 1 fully saturated rings. The first-order valence-electron chi connectivity index (χ1n) is 5.31. The highest BCUT2D eigenvalue weighted by molar-refractivity contribution is 7.99. The number of halogens is 1. The van der Waals surface area contributed by atoms with E-state index in [9.17, 15) is 4.79 Å². The van der Waals surface area contributed by atoms with Crippen LogP contribution in [0.1, 0.15) is 11.3 Å². The molecule has 2 rings (SSSR count). The summed E-state index contributed by atoms with van der Waals surface area (Å²) in [7, 11) is 0. The number of thioether (sulfide) groups is 1. The lowest BCUT2D eigenvalue weighted by molar-refractivity contribution is -0.118. The van der Waals surface area contributed by atoms with Gasteiger partial charge >= 0.3 is 0 Å². The van der Waals surface area contributed by atoms with E-state index in [-0.39, 0.29) is 0 Å². The van der Waals surface area contributed by atoms with Gasteiger partial charge in [0.05, 0.1) is 4.34 Å². The largest absolute Gasteiger partial charge is 0.312 e. The van der Waals surface area contributed by atoms with Crippen LogP contribution >= 0.6 is 34.7 Å². The number of rotatable bonds is 4. The molecular weight excluding hydrogens is 262 g/mol. The number of thiophene rings is 1. The van der Waals surface area contributed by atoms with Crippen molar-refractivity contribution in [2.45, 2.75) is 18.9 Å². The lowest BCUT2D eigenvalue weighted by Crippen LogP contribution is -2.39. The lowest BCUT2D eigenvalue weighted by Gasteiger charge is -2.22. The van der Waals surface area contributed by atoms with E-state index in [1.807, 2.05) is 23.9 Å². The Morgan fingerprint density at radius 1 is 1.56 bits per heavy atom. The molecule has 88 valence electrons. The Labute approximate surface area is 109 Å². The van der Waals surface area contributed by atoms with Crippen molar-refractivity contribution < 1.29 is 4.79 Å². The highest BCUT2D eigenvalue weighted by atomic mass is 35.5. The summed E-state index contributed by atoms with van der Waals surface area (Å²) in [6.07, 6.45) is 1.17. The molecule has 0 aromatic carbocycles. The van der Waals surface area contributed by atoms with Crippen molar-refractivity contribution in [3.63, 3.8) is 0 Å². The van der Waals surface area contributed by atoms with Crippen LogP contribution in [0.2, 0.25) is 4.34 Å². The molecular formula is C11H14ClNOS2. The van der Waals surface area contributed by atoms with Gasteiger partial charge in [-0.1, -0.05) is 11.6 Å². The number of nitrogens with one attached hydrogen (secondary N) is 1. The van der Waals surface area contributed by atoms with Crippen LogP contribution in [0.25, 0.3) is 0 Å². The van der Waals surface area contributed by atoms with E-state index in [1.54, 1.807) is 0 Å². The normalized spacial score (nSPS) is 20.9. The molecule has 0 spiro atoms. The summed E-state index contributed by atoms with van der Waals surface area (Å²) >= 11 is 9.25. The number of carbonyl (C=O) groups is 1. The summed E-state index contributed by atoms with van der Waals surface area (Å²) in [6, 6.07) is 4.15. The standard InChI is InChI=1S/C11H14ClNOS2/c12-11-2-1-10(16-11)6-9(14)5-8-7-15-4-3-13-8/h1-2,8,13H,3-7H2. The molecule has 0 amide bonds. The molecule has 5 heteroatoms. The third kappa shape index (κ3) is 3.77. The van der Waals surface area contributed by atoms with E-state index in [2.05, 4.69) is 5.32 Å². The molecule has 1 N–H and O–H groups in total. The van der Waals surface area contributed by atoms with Crippen LogP contribution in [0.15, 0.2) is 12.1 Å². The molecule has 1 saturated heterocycles. The Morgan fingerprint density at radius 2 is 2.44 bits per heavy atom. The lowest BCUT2D eigenvalue weighted by atomic mass is 10.1. The van der Waals surface area contributed by atoms with Gasteiger partial charge in [0.15, 0.2) is 0 Å². The SMILES string of the molecule is O=C(Cc1ccc(Cl)s1)CC1CSCCN1. The Balaban J connectivity index is 1.79. The minimum atomic E-state index is 0.304. The molecule has 1 aliphatic heterocycles. The number of hydrogen-bond acceptors (Lipinski definition) is 4. The predicted molar refractivity (Wildman–Crippen MR) is 71.8 cm³/mol. The molecule has 1 unspecified atom stereocenters. The van der Waals surface area contributed by atoms with Crippen LogP contribution in [-0.2, 0) is 11.2 Å². The van der Waals surface area contributed by atoms with Crippen LogP contribution in [0.3, 0.4) is 0 Å². The Kier molecular flexibility index (Phi) is 4.70. The molecule has 0 radical (unpaired) electrons. The van der Waals surface area contributed by atoms with Crippen molar-refractivity contribution in [2.75, 3.05) is 18.1 Å². The van der Waals surface area contributed by atoms with E-state index in [0.717, 1.165) is 27.3 Å². The monoisotopic (exact) mass is 275 g/mol. The highest BCUT2D eigenvalue weighted by Crippen LogP contribution is 2.22. The van der Waals surface area contributed by atoms with Gasteiger partial charge in [-0.2, -0.15) is 11.8 Å². The summed E-state index contributed by atoms with van der Waals surface area (Å²) in [5, 5.41) is 3.38. The van der Waals surface area contributed by atoms with Gasteiger partial charge in [0.25, 0.3) is 0 Å². The topological polar surface area (TPSA) is 29.1 Å². The van der Waals surface area contributed by atoms with E-state index >= 15 is 0 Å². The van der Waals surface area contributed by atoms with Gasteiger partial charge < -0.3 is 5.32 Å². The Bertz CT molecular complexity index is 361. The maximum Gasteiger partial charge on any atom is 0.139 e. The zero-order valence-corrected chi connectivity index (χ0v) is 11.3. The van der Waals surface area contributed by atoms with E-state index in [1.165, 1.54) is 11.3 Å². The summed E-state index contributed by atoms with van der Waals surface area (Å²) in [5.41, 5.74) is 0. The van der Waals surface area contributed by atoms with Crippen LogP contribution in [0, 0.1) is 0 Å². The van der Waals surface area contributed by atoms with Crippen molar-refractivity contribution in [3.8, 4) is 0 Å². The van der Waals surface area contributed by atoms with Crippen molar-refractivity contribution in [1.82, 2.24) is 5.32 Å². The number of hydrogen-bond donors (Lipinski definition) is 1. The smallest absolute Gasteiger partial charge is 0.139 e. The fraction of sp³-hybridized carbons (Fsp3) is 0.545. The van der Waals surface area contributed by atoms with Crippen LogP contribution in [0.4, 0.5) is 0 Å². The second kappa shape index (κ2) is 6.05. The summed E-state index contributed by atoms with van der Waals surface area (Å²) < 4.78 is 0.758. The Morgan fingerprint density at radius 3 is 3.06 bits per heavy atom.